The van der Waals surface area contributed by atoms with Gasteiger partial charge in [0.15, 0.2) is 0 Å². The van der Waals surface area contributed by atoms with Gasteiger partial charge in [-0.15, -0.1) is 0 Å². The van der Waals surface area contributed by atoms with E-state index in [0.29, 0.717) is 11.4 Å². The van der Waals surface area contributed by atoms with E-state index in [1.807, 2.05) is 6.07 Å². The smallest absolute Gasteiger partial charge is 0.223 e. The van der Waals surface area contributed by atoms with Crippen LogP contribution in [-0.2, 0) is 0 Å². The Morgan fingerprint density at radius 3 is 2.85 bits per heavy atom. The zero-order valence-corrected chi connectivity index (χ0v) is 12.9. The normalized spacial score (nSPS) is 18.6. The summed E-state index contributed by atoms with van der Waals surface area (Å²) in [6.45, 7) is 9.82. The summed E-state index contributed by atoms with van der Waals surface area (Å²) in [6, 6.07) is 2.02. The Hall–Kier alpha value is -1.52. The van der Waals surface area contributed by atoms with E-state index in [9.17, 15) is 0 Å². The monoisotopic (exact) mass is 277 g/mol. The molecule has 1 fully saturated rings. The van der Waals surface area contributed by atoms with Crippen LogP contribution in [0.25, 0.3) is 0 Å². The topological polar surface area (TPSA) is 67.1 Å². The summed E-state index contributed by atoms with van der Waals surface area (Å²) in [5.74, 6) is 2.14. The van der Waals surface area contributed by atoms with E-state index in [1.165, 1.54) is 19.3 Å². The molecule has 0 unspecified atom stereocenters. The van der Waals surface area contributed by atoms with Crippen molar-refractivity contribution in [3.63, 3.8) is 0 Å². The number of nitrogens with two attached hydrogens (primary N) is 1. The maximum atomic E-state index is 5.84. The molecule has 1 aliphatic rings. The molecule has 0 spiro atoms. The van der Waals surface area contributed by atoms with Crippen molar-refractivity contribution in [1.82, 2.24) is 9.97 Å². The highest BCUT2D eigenvalue weighted by atomic mass is 15.2. The molecule has 0 bridgehead atoms. The Bertz CT molecular complexity index is 444. The van der Waals surface area contributed by atoms with Gasteiger partial charge in [-0.05, 0) is 31.1 Å². The number of nitrogens with one attached hydrogen (secondary N) is 1. The molecule has 20 heavy (non-hydrogen) atoms. The molecular weight excluding hydrogens is 250 g/mol. The lowest BCUT2D eigenvalue weighted by molar-refractivity contribution is 0.325. The van der Waals surface area contributed by atoms with Gasteiger partial charge in [-0.25, -0.2) is 0 Å². The summed E-state index contributed by atoms with van der Waals surface area (Å²) in [5.41, 5.74) is 6.27. The third kappa shape index (κ3) is 3.99. The fourth-order valence-corrected chi connectivity index (χ4v) is 2.61. The van der Waals surface area contributed by atoms with Gasteiger partial charge in [0.25, 0.3) is 0 Å². The van der Waals surface area contributed by atoms with Gasteiger partial charge in [-0.1, -0.05) is 20.8 Å². The number of hydrogen-bond acceptors (Lipinski definition) is 5. The van der Waals surface area contributed by atoms with E-state index in [-0.39, 0.29) is 0 Å². The van der Waals surface area contributed by atoms with Gasteiger partial charge >= 0.3 is 0 Å². The predicted molar refractivity (Wildman–Crippen MR) is 85.1 cm³/mol. The average Bonchev–Trinajstić information content (AvgIpc) is 2.57. The van der Waals surface area contributed by atoms with Crippen LogP contribution in [0.4, 0.5) is 17.6 Å². The first-order valence-electron chi connectivity index (χ1n) is 7.63. The van der Waals surface area contributed by atoms with Crippen LogP contribution in [0.1, 0.15) is 46.5 Å². The van der Waals surface area contributed by atoms with Crippen molar-refractivity contribution in [2.45, 2.75) is 46.5 Å². The summed E-state index contributed by atoms with van der Waals surface area (Å²) in [5, 5.41) is 3.29. The second kappa shape index (κ2) is 6.29. The van der Waals surface area contributed by atoms with Crippen LogP contribution in [0.15, 0.2) is 6.07 Å². The molecule has 1 aromatic rings. The summed E-state index contributed by atoms with van der Waals surface area (Å²) >= 11 is 0. The van der Waals surface area contributed by atoms with Crippen molar-refractivity contribution >= 4 is 17.6 Å². The standard InChI is InChI=1S/C15H27N5/c1-4-8-17-12-11-13(19-14(16)18-12)20-9-5-6-15(2,3)7-10-20/h11H,4-10H2,1-3H3,(H3,16,17,18,19). The first kappa shape index (κ1) is 14.9. The van der Waals surface area contributed by atoms with Gasteiger partial charge in [-0.2, -0.15) is 9.97 Å². The van der Waals surface area contributed by atoms with Gasteiger partial charge in [-0.3, -0.25) is 0 Å². The van der Waals surface area contributed by atoms with Gasteiger partial charge < -0.3 is 16.0 Å². The first-order chi connectivity index (χ1) is 9.50. The highest BCUT2D eigenvalue weighted by Crippen LogP contribution is 2.31. The average molecular weight is 277 g/mol. The van der Waals surface area contributed by atoms with Crippen LogP contribution in [0.3, 0.4) is 0 Å². The van der Waals surface area contributed by atoms with Crippen molar-refractivity contribution < 1.29 is 0 Å². The Balaban J connectivity index is 2.13. The van der Waals surface area contributed by atoms with Crippen molar-refractivity contribution in [3.8, 4) is 0 Å². The van der Waals surface area contributed by atoms with Crippen LogP contribution < -0.4 is 16.0 Å². The first-order valence-corrected chi connectivity index (χ1v) is 7.63. The third-order valence-corrected chi connectivity index (χ3v) is 3.95. The minimum atomic E-state index is 0.351. The van der Waals surface area contributed by atoms with Crippen molar-refractivity contribution in [1.29, 1.82) is 0 Å². The molecule has 2 heterocycles. The maximum Gasteiger partial charge on any atom is 0.223 e. The number of nitrogens with zero attached hydrogens (tertiary/aromatic N) is 3. The molecule has 5 nitrogen and oxygen atoms in total. The summed E-state index contributed by atoms with van der Waals surface area (Å²) < 4.78 is 0. The van der Waals surface area contributed by atoms with Crippen LogP contribution in [0, 0.1) is 5.41 Å². The fraction of sp³-hybridized carbons (Fsp3) is 0.733. The zero-order valence-electron chi connectivity index (χ0n) is 12.9. The number of hydrogen-bond donors (Lipinski definition) is 2. The molecule has 0 aromatic carbocycles. The number of nitrogen functional groups attached to an aromatic ring is 1. The van der Waals surface area contributed by atoms with Gasteiger partial charge in [0.1, 0.15) is 11.6 Å². The molecule has 0 aliphatic carbocycles. The second-order valence-corrected chi connectivity index (χ2v) is 6.40. The fourth-order valence-electron chi connectivity index (χ4n) is 2.61. The molecule has 1 aromatic heterocycles. The van der Waals surface area contributed by atoms with E-state index in [4.69, 9.17) is 5.73 Å². The van der Waals surface area contributed by atoms with E-state index < -0.39 is 0 Å². The Morgan fingerprint density at radius 2 is 2.10 bits per heavy atom. The highest BCUT2D eigenvalue weighted by molar-refractivity contribution is 5.52. The van der Waals surface area contributed by atoms with Gasteiger partial charge in [0.05, 0.1) is 0 Å². The van der Waals surface area contributed by atoms with E-state index in [1.54, 1.807) is 0 Å². The largest absolute Gasteiger partial charge is 0.370 e. The van der Waals surface area contributed by atoms with E-state index in [0.717, 1.165) is 37.7 Å². The lowest BCUT2D eigenvalue weighted by Crippen LogP contribution is -2.26. The van der Waals surface area contributed by atoms with E-state index >= 15 is 0 Å². The van der Waals surface area contributed by atoms with Crippen molar-refractivity contribution in [3.05, 3.63) is 6.07 Å². The molecule has 0 saturated carbocycles. The lowest BCUT2D eigenvalue weighted by atomic mass is 9.85. The number of rotatable bonds is 4. The molecule has 5 heteroatoms. The van der Waals surface area contributed by atoms with Crippen LogP contribution in [0.2, 0.25) is 0 Å². The number of anilines is 3. The molecule has 0 amide bonds. The SMILES string of the molecule is CCCNc1cc(N2CCCC(C)(C)CC2)nc(N)n1. The Morgan fingerprint density at radius 1 is 1.30 bits per heavy atom. The van der Waals surface area contributed by atoms with Crippen LogP contribution >= 0.6 is 0 Å². The predicted octanol–water partition coefficient (Wildman–Crippen LogP) is 2.90. The molecule has 2 rings (SSSR count). The zero-order chi connectivity index (χ0) is 14.6. The summed E-state index contributed by atoms with van der Waals surface area (Å²) in [7, 11) is 0. The van der Waals surface area contributed by atoms with Gasteiger partial charge in [0, 0.05) is 25.7 Å². The lowest BCUT2D eigenvalue weighted by Gasteiger charge is -2.24. The molecule has 3 N–H and O–H groups in total. The Kier molecular flexibility index (Phi) is 4.68. The van der Waals surface area contributed by atoms with Crippen molar-refractivity contribution in [2.75, 3.05) is 35.6 Å². The molecule has 0 atom stereocenters. The molecule has 112 valence electrons. The van der Waals surface area contributed by atoms with Gasteiger partial charge in [0.2, 0.25) is 5.95 Å². The summed E-state index contributed by atoms with van der Waals surface area (Å²) in [6.07, 6.45) is 4.73. The number of aromatic nitrogens is 2. The highest BCUT2D eigenvalue weighted by Gasteiger charge is 2.24. The molecule has 0 radical (unpaired) electrons. The quantitative estimate of drug-likeness (QED) is 0.885. The minimum Gasteiger partial charge on any atom is -0.370 e. The second-order valence-electron chi connectivity index (χ2n) is 6.40. The summed E-state index contributed by atoms with van der Waals surface area (Å²) in [4.78, 5) is 11.0. The molecule has 1 aliphatic heterocycles. The van der Waals surface area contributed by atoms with Crippen molar-refractivity contribution in [2.24, 2.45) is 5.41 Å². The third-order valence-electron chi connectivity index (χ3n) is 3.95. The molecule has 1 saturated heterocycles. The molecular formula is C15H27N5. The minimum absolute atomic E-state index is 0.351. The van der Waals surface area contributed by atoms with E-state index in [2.05, 4.69) is 41.0 Å². The van der Waals surface area contributed by atoms with Crippen LogP contribution in [0.5, 0.6) is 0 Å². The maximum absolute atomic E-state index is 5.84. The van der Waals surface area contributed by atoms with Crippen LogP contribution in [-0.4, -0.2) is 29.6 Å². The Labute approximate surface area is 122 Å².